The summed E-state index contributed by atoms with van der Waals surface area (Å²) in [5.74, 6) is 0.488. The van der Waals surface area contributed by atoms with Gasteiger partial charge in [-0.25, -0.2) is 0 Å². The summed E-state index contributed by atoms with van der Waals surface area (Å²) in [6.45, 7) is 27.8. The van der Waals surface area contributed by atoms with E-state index in [1.807, 2.05) is 0 Å². The maximum atomic E-state index is 2.62. The van der Waals surface area contributed by atoms with Gasteiger partial charge in [-0.2, -0.15) is 0 Å². The van der Waals surface area contributed by atoms with Crippen molar-refractivity contribution in [2.75, 3.05) is 0 Å². The Morgan fingerprint density at radius 3 is 1.36 bits per heavy atom. The van der Waals surface area contributed by atoms with Crippen molar-refractivity contribution in [3.63, 3.8) is 0 Å². The number of allylic oxidation sites excluding steroid dienone is 4. The molecule has 0 heterocycles. The zero-order valence-electron chi connectivity index (χ0n) is 26.6. The highest BCUT2D eigenvalue weighted by Gasteiger charge is 2.30. The normalized spacial score (nSPS) is 14.6. The maximum Gasteiger partial charge on any atom is 0.128 e. The fraction of sp³-hybridized carbons (Fsp3) is 0.421. The van der Waals surface area contributed by atoms with E-state index in [1.54, 1.807) is 21.1 Å². The highest BCUT2D eigenvalue weighted by atomic mass is 28.3. The molecule has 0 aromatic heterocycles. The van der Waals surface area contributed by atoms with Gasteiger partial charge in [0.05, 0.1) is 0 Å². The highest BCUT2D eigenvalue weighted by molar-refractivity contribution is 6.91. The molecule has 0 radical (unpaired) electrons. The lowest BCUT2D eigenvalue weighted by Crippen LogP contribution is -2.44. The maximum absolute atomic E-state index is 2.62. The standard InChI is InChI=1S/C38H50Si/c1-24(2)35-22-34(23-36(35)29-19-30(37(7,8)9)21-31(20-29)38(10,11)12)39(32-15-25(3)13-26(4)16-32)33-17-27(5)14-28(6)18-33/h13-22,24,39H,23H2,1-12H3. The van der Waals surface area contributed by atoms with Crippen molar-refractivity contribution in [1.29, 1.82) is 0 Å². The first kappa shape index (κ1) is 29.3. The van der Waals surface area contributed by atoms with Crippen LogP contribution in [0, 0.1) is 33.6 Å². The third-order valence-electron chi connectivity index (χ3n) is 8.23. The molecule has 0 nitrogen and oxygen atoms in total. The molecule has 0 spiro atoms. The second kappa shape index (κ2) is 10.7. The van der Waals surface area contributed by atoms with Gasteiger partial charge in [0.15, 0.2) is 0 Å². The topological polar surface area (TPSA) is 0 Å². The lowest BCUT2D eigenvalue weighted by Gasteiger charge is -2.27. The van der Waals surface area contributed by atoms with Gasteiger partial charge in [-0.15, -0.1) is 0 Å². The summed E-state index contributed by atoms with van der Waals surface area (Å²) < 4.78 is 0. The van der Waals surface area contributed by atoms with Crippen molar-refractivity contribution in [1.82, 2.24) is 0 Å². The Kier molecular flexibility index (Phi) is 8.08. The van der Waals surface area contributed by atoms with Gasteiger partial charge in [-0.1, -0.05) is 154 Å². The van der Waals surface area contributed by atoms with E-state index in [2.05, 4.69) is 144 Å². The SMILES string of the molecule is Cc1cc(C)cc([SiH](C2=CC(C(C)C)=C(c3cc(C(C)(C)C)cc(C(C)(C)C)c3)C2)c2cc(C)cc(C)c2)c1. The van der Waals surface area contributed by atoms with Gasteiger partial charge < -0.3 is 0 Å². The van der Waals surface area contributed by atoms with Gasteiger partial charge in [0, 0.05) is 0 Å². The van der Waals surface area contributed by atoms with Gasteiger partial charge in [-0.05, 0) is 78.7 Å². The zero-order chi connectivity index (χ0) is 28.9. The van der Waals surface area contributed by atoms with E-state index in [-0.39, 0.29) is 10.8 Å². The van der Waals surface area contributed by atoms with Gasteiger partial charge in [0.25, 0.3) is 0 Å². The molecule has 0 aliphatic heterocycles. The van der Waals surface area contributed by atoms with Crippen LogP contribution in [0.4, 0.5) is 0 Å². The first-order valence-electron chi connectivity index (χ1n) is 14.8. The number of benzene rings is 3. The monoisotopic (exact) mass is 534 g/mol. The van der Waals surface area contributed by atoms with E-state index in [0.717, 1.165) is 6.42 Å². The summed E-state index contributed by atoms with van der Waals surface area (Å²) in [4.78, 5) is 0. The van der Waals surface area contributed by atoms with Crippen LogP contribution in [0.3, 0.4) is 0 Å². The van der Waals surface area contributed by atoms with Crippen LogP contribution in [-0.2, 0) is 10.8 Å². The molecule has 0 unspecified atom stereocenters. The van der Waals surface area contributed by atoms with E-state index >= 15 is 0 Å². The Morgan fingerprint density at radius 1 is 0.590 bits per heavy atom. The molecule has 0 atom stereocenters. The van der Waals surface area contributed by atoms with Crippen LogP contribution in [-0.4, -0.2) is 8.80 Å². The molecule has 3 aromatic carbocycles. The Balaban J connectivity index is 1.90. The third-order valence-corrected chi connectivity index (χ3v) is 11.3. The lowest BCUT2D eigenvalue weighted by molar-refractivity contribution is 0.568. The van der Waals surface area contributed by atoms with Crippen LogP contribution in [0.15, 0.2) is 71.4 Å². The first-order chi connectivity index (χ1) is 18.0. The number of hydrogen-bond donors (Lipinski definition) is 0. The minimum Gasteiger partial charge on any atom is -0.0697 e. The fourth-order valence-corrected chi connectivity index (χ4v) is 9.97. The van der Waals surface area contributed by atoms with Crippen molar-refractivity contribution in [3.05, 3.63) is 110 Å². The molecule has 1 aliphatic rings. The molecule has 206 valence electrons. The van der Waals surface area contributed by atoms with Gasteiger partial charge in [0.2, 0.25) is 0 Å². The minimum absolute atomic E-state index is 0.110. The first-order valence-corrected chi connectivity index (χ1v) is 16.5. The predicted molar refractivity (Wildman–Crippen MR) is 177 cm³/mol. The molecule has 0 fully saturated rings. The van der Waals surface area contributed by atoms with Crippen molar-refractivity contribution in [2.45, 2.75) is 100 Å². The predicted octanol–water partition coefficient (Wildman–Crippen LogP) is 8.84. The molecule has 4 rings (SSSR count). The summed E-state index contributed by atoms with van der Waals surface area (Å²) in [5.41, 5.74) is 13.1. The second-order valence-corrected chi connectivity index (χ2v) is 17.5. The molecule has 0 saturated heterocycles. The molecule has 0 N–H and O–H groups in total. The molecule has 39 heavy (non-hydrogen) atoms. The summed E-state index contributed by atoms with van der Waals surface area (Å²) in [7, 11) is -1.63. The van der Waals surface area contributed by atoms with Crippen molar-refractivity contribution in [3.8, 4) is 0 Å². The van der Waals surface area contributed by atoms with Crippen molar-refractivity contribution >= 4 is 24.7 Å². The minimum atomic E-state index is -1.63. The van der Waals surface area contributed by atoms with Crippen LogP contribution in [0.5, 0.6) is 0 Å². The van der Waals surface area contributed by atoms with E-state index in [0.29, 0.717) is 5.92 Å². The third kappa shape index (κ3) is 6.57. The van der Waals surface area contributed by atoms with Crippen molar-refractivity contribution < 1.29 is 0 Å². The van der Waals surface area contributed by atoms with E-state index in [9.17, 15) is 0 Å². The average molecular weight is 535 g/mol. The Hall–Kier alpha value is -2.64. The highest BCUT2D eigenvalue weighted by Crippen LogP contribution is 2.41. The Labute approximate surface area is 240 Å². The zero-order valence-corrected chi connectivity index (χ0v) is 27.8. The Bertz CT molecular complexity index is 1320. The van der Waals surface area contributed by atoms with E-state index < -0.39 is 8.80 Å². The van der Waals surface area contributed by atoms with E-state index in [1.165, 1.54) is 44.5 Å². The van der Waals surface area contributed by atoms with Crippen LogP contribution >= 0.6 is 0 Å². The smallest absolute Gasteiger partial charge is 0.0697 e. The number of aryl methyl sites for hydroxylation is 4. The quantitative estimate of drug-likeness (QED) is 0.287. The molecule has 0 bridgehead atoms. The second-order valence-electron chi connectivity index (χ2n) is 14.6. The summed E-state index contributed by atoms with van der Waals surface area (Å²) in [6.07, 6.45) is 3.67. The van der Waals surface area contributed by atoms with Gasteiger partial charge in [-0.3, -0.25) is 0 Å². The molecule has 0 amide bonds. The van der Waals surface area contributed by atoms with Gasteiger partial charge in [0.1, 0.15) is 8.80 Å². The molecule has 1 aliphatic carbocycles. The Morgan fingerprint density at radius 2 is 1.00 bits per heavy atom. The summed E-state index contributed by atoms with van der Waals surface area (Å²) in [5, 5.41) is 4.75. The van der Waals surface area contributed by atoms with E-state index in [4.69, 9.17) is 0 Å². The molecular formula is C38H50Si. The van der Waals surface area contributed by atoms with Gasteiger partial charge >= 0.3 is 0 Å². The van der Waals surface area contributed by atoms with Crippen molar-refractivity contribution in [2.24, 2.45) is 5.92 Å². The molecule has 3 aromatic rings. The number of rotatable bonds is 5. The fourth-order valence-electron chi connectivity index (χ4n) is 6.25. The largest absolute Gasteiger partial charge is 0.128 e. The van der Waals surface area contributed by atoms with Crippen LogP contribution in [0.2, 0.25) is 0 Å². The number of hydrogen-bond acceptors (Lipinski definition) is 0. The van der Waals surface area contributed by atoms with Crippen LogP contribution < -0.4 is 10.4 Å². The summed E-state index contributed by atoms with van der Waals surface area (Å²) >= 11 is 0. The average Bonchev–Trinajstić information content (AvgIpc) is 3.22. The lowest BCUT2D eigenvalue weighted by atomic mass is 9.78. The van der Waals surface area contributed by atoms with Crippen LogP contribution in [0.25, 0.3) is 5.57 Å². The summed E-state index contributed by atoms with van der Waals surface area (Å²) in [6, 6.07) is 21.9. The molecule has 0 saturated carbocycles. The molecule has 1 heteroatoms. The molecular weight excluding hydrogens is 485 g/mol. The van der Waals surface area contributed by atoms with Crippen LogP contribution in [0.1, 0.15) is 101 Å².